The highest BCUT2D eigenvalue weighted by Gasteiger charge is 2.19. The van der Waals surface area contributed by atoms with E-state index in [0.29, 0.717) is 21.2 Å². The normalized spacial score (nSPS) is 10.8. The number of hydrogen-bond donors (Lipinski definition) is 2. The van der Waals surface area contributed by atoms with Crippen molar-refractivity contribution in [1.82, 2.24) is 9.78 Å². The maximum absolute atomic E-state index is 12.5. The summed E-state index contributed by atoms with van der Waals surface area (Å²) in [6, 6.07) is 15.0. The molecule has 2 heterocycles. The van der Waals surface area contributed by atoms with Crippen molar-refractivity contribution in [2.24, 2.45) is 5.73 Å². The molecule has 4 aromatic rings. The third-order valence-corrected chi connectivity index (χ3v) is 5.95. The molecular weight excluding hydrogens is 452 g/mol. The Morgan fingerprint density at radius 1 is 1.12 bits per heavy atom. The van der Waals surface area contributed by atoms with Crippen molar-refractivity contribution >= 4 is 56.6 Å². The summed E-state index contributed by atoms with van der Waals surface area (Å²) in [5.41, 5.74) is 7.55. The number of anilines is 1. The van der Waals surface area contributed by atoms with Crippen LogP contribution in [0.15, 0.2) is 54.6 Å². The summed E-state index contributed by atoms with van der Waals surface area (Å²) in [6.45, 7) is 1.40. The zero-order valence-electron chi connectivity index (χ0n) is 16.8. The summed E-state index contributed by atoms with van der Waals surface area (Å²) in [5.74, 6) is -1.67. The molecule has 0 saturated carbocycles. The average molecular weight is 469 g/mol. The molecule has 0 fully saturated rings. The molecule has 0 spiro atoms. The molecule has 0 aliphatic carbocycles. The predicted octanol–water partition coefficient (Wildman–Crippen LogP) is 3.94. The molecule has 0 aliphatic heterocycles. The van der Waals surface area contributed by atoms with Gasteiger partial charge < -0.3 is 15.8 Å². The van der Waals surface area contributed by atoms with Gasteiger partial charge in [-0.1, -0.05) is 11.6 Å². The van der Waals surface area contributed by atoms with Crippen LogP contribution in [0.2, 0.25) is 5.02 Å². The number of rotatable bonds is 6. The number of ether oxygens (including phenoxy) is 1. The summed E-state index contributed by atoms with van der Waals surface area (Å²) in [4.78, 5) is 36.9. The van der Waals surface area contributed by atoms with Crippen LogP contribution in [0, 0.1) is 6.92 Å². The molecule has 162 valence electrons. The van der Waals surface area contributed by atoms with Gasteiger partial charge in [0.1, 0.15) is 9.71 Å². The van der Waals surface area contributed by atoms with E-state index in [1.165, 1.54) is 35.6 Å². The molecule has 2 aromatic carbocycles. The number of benzene rings is 2. The molecule has 32 heavy (non-hydrogen) atoms. The SMILES string of the molecule is Cc1nn(-c2ccc(Cl)cc2)c2sc(C(=O)OCC(=O)Nc3ccc(C(N)=O)cc3)cc12. The molecule has 0 atom stereocenters. The topological polar surface area (TPSA) is 116 Å². The van der Waals surface area contributed by atoms with Crippen LogP contribution in [0.4, 0.5) is 5.69 Å². The standard InChI is InChI=1S/C22H17ClN4O4S/c1-12-17-10-18(32-21(17)27(26-12)16-8-4-14(23)5-9-16)22(30)31-11-19(28)25-15-6-2-13(3-7-15)20(24)29/h2-10H,11H2,1H3,(H2,24,29)(H,25,28). The second-order valence-electron chi connectivity index (χ2n) is 6.87. The Labute approximate surface area is 191 Å². The van der Waals surface area contributed by atoms with Crippen LogP contribution in [0.5, 0.6) is 0 Å². The fraction of sp³-hybridized carbons (Fsp3) is 0.0909. The number of amides is 2. The first-order valence-corrected chi connectivity index (χ1v) is 10.6. The van der Waals surface area contributed by atoms with E-state index in [9.17, 15) is 14.4 Å². The highest BCUT2D eigenvalue weighted by Crippen LogP contribution is 2.31. The van der Waals surface area contributed by atoms with Crippen molar-refractivity contribution in [2.75, 3.05) is 11.9 Å². The maximum Gasteiger partial charge on any atom is 0.348 e. The number of aryl methyl sites for hydroxylation is 1. The summed E-state index contributed by atoms with van der Waals surface area (Å²) in [7, 11) is 0. The smallest absolute Gasteiger partial charge is 0.348 e. The van der Waals surface area contributed by atoms with E-state index >= 15 is 0 Å². The third-order valence-electron chi connectivity index (χ3n) is 4.60. The molecule has 0 unspecified atom stereocenters. The summed E-state index contributed by atoms with van der Waals surface area (Å²) >= 11 is 7.19. The van der Waals surface area contributed by atoms with E-state index in [2.05, 4.69) is 10.4 Å². The van der Waals surface area contributed by atoms with Gasteiger partial charge in [0.2, 0.25) is 5.91 Å². The van der Waals surface area contributed by atoms with Gasteiger partial charge >= 0.3 is 5.97 Å². The van der Waals surface area contributed by atoms with Gasteiger partial charge in [-0.3, -0.25) is 9.59 Å². The van der Waals surface area contributed by atoms with Crippen molar-refractivity contribution in [2.45, 2.75) is 6.92 Å². The van der Waals surface area contributed by atoms with E-state index in [1.807, 2.05) is 19.1 Å². The number of nitrogens with two attached hydrogens (primary N) is 1. The highest BCUT2D eigenvalue weighted by molar-refractivity contribution is 7.20. The van der Waals surface area contributed by atoms with Crippen molar-refractivity contribution in [3.8, 4) is 5.69 Å². The summed E-state index contributed by atoms with van der Waals surface area (Å²) in [5, 5.41) is 8.56. The number of thiophene rings is 1. The van der Waals surface area contributed by atoms with Gasteiger partial charge in [0, 0.05) is 21.7 Å². The molecule has 10 heteroatoms. The monoisotopic (exact) mass is 468 g/mol. The van der Waals surface area contributed by atoms with Crippen molar-refractivity contribution < 1.29 is 19.1 Å². The highest BCUT2D eigenvalue weighted by atomic mass is 35.5. The first kappa shape index (κ1) is 21.5. The second kappa shape index (κ2) is 8.81. The summed E-state index contributed by atoms with van der Waals surface area (Å²) < 4.78 is 6.90. The molecule has 0 bridgehead atoms. The van der Waals surface area contributed by atoms with Gasteiger partial charge in [0.15, 0.2) is 6.61 Å². The molecule has 2 amide bonds. The van der Waals surface area contributed by atoms with Crippen molar-refractivity contribution in [3.63, 3.8) is 0 Å². The Bertz CT molecular complexity index is 1330. The van der Waals surface area contributed by atoms with Crippen LogP contribution in [-0.4, -0.2) is 34.2 Å². The number of primary amides is 1. The Morgan fingerprint density at radius 2 is 1.81 bits per heavy atom. The van der Waals surface area contributed by atoms with Gasteiger partial charge in [0.05, 0.1) is 11.4 Å². The lowest BCUT2D eigenvalue weighted by atomic mass is 10.2. The van der Waals surface area contributed by atoms with E-state index in [0.717, 1.165) is 21.6 Å². The largest absolute Gasteiger partial charge is 0.451 e. The molecule has 8 nitrogen and oxygen atoms in total. The number of carbonyl (C=O) groups excluding carboxylic acids is 3. The molecule has 4 rings (SSSR count). The molecule has 2 aromatic heterocycles. The fourth-order valence-electron chi connectivity index (χ4n) is 3.02. The lowest BCUT2D eigenvalue weighted by Crippen LogP contribution is -2.20. The minimum absolute atomic E-state index is 0.326. The number of fused-ring (bicyclic) bond motifs is 1. The Balaban J connectivity index is 1.43. The van der Waals surface area contributed by atoms with E-state index in [-0.39, 0.29) is 0 Å². The van der Waals surface area contributed by atoms with Crippen LogP contribution < -0.4 is 11.1 Å². The second-order valence-corrected chi connectivity index (χ2v) is 8.34. The Kier molecular flexibility index (Phi) is 5.93. The zero-order valence-corrected chi connectivity index (χ0v) is 18.4. The quantitative estimate of drug-likeness (QED) is 0.416. The minimum Gasteiger partial charge on any atom is -0.451 e. The van der Waals surface area contributed by atoms with Gasteiger partial charge in [-0.25, -0.2) is 9.48 Å². The average Bonchev–Trinajstić information content (AvgIpc) is 3.34. The predicted molar refractivity (Wildman–Crippen MR) is 123 cm³/mol. The minimum atomic E-state index is -0.604. The number of nitrogens with zero attached hydrogens (tertiary/aromatic N) is 2. The molecule has 0 radical (unpaired) electrons. The number of esters is 1. The van der Waals surface area contributed by atoms with E-state index in [1.54, 1.807) is 22.9 Å². The number of halogens is 1. The van der Waals surface area contributed by atoms with Gasteiger partial charge in [-0.15, -0.1) is 11.3 Å². The lowest BCUT2D eigenvalue weighted by molar-refractivity contribution is -0.119. The number of nitrogens with one attached hydrogen (secondary N) is 1. The number of aromatic nitrogens is 2. The van der Waals surface area contributed by atoms with Crippen LogP contribution >= 0.6 is 22.9 Å². The Morgan fingerprint density at radius 3 is 2.47 bits per heavy atom. The van der Waals surface area contributed by atoms with E-state index in [4.69, 9.17) is 22.1 Å². The van der Waals surface area contributed by atoms with Crippen LogP contribution in [0.25, 0.3) is 15.9 Å². The van der Waals surface area contributed by atoms with Crippen molar-refractivity contribution in [1.29, 1.82) is 0 Å². The van der Waals surface area contributed by atoms with Crippen LogP contribution in [0.3, 0.4) is 0 Å². The molecular formula is C22H17ClN4O4S. The first-order valence-electron chi connectivity index (χ1n) is 9.44. The zero-order chi connectivity index (χ0) is 22.8. The Hall–Kier alpha value is -3.69. The molecule has 3 N–H and O–H groups in total. The number of hydrogen-bond acceptors (Lipinski definition) is 6. The lowest BCUT2D eigenvalue weighted by Gasteiger charge is -2.06. The fourth-order valence-corrected chi connectivity index (χ4v) is 4.22. The van der Waals surface area contributed by atoms with Crippen LogP contribution in [-0.2, 0) is 9.53 Å². The van der Waals surface area contributed by atoms with Gasteiger partial charge in [-0.2, -0.15) is 5.10 Å². The van der Waals surface area contributed by atoms with Crippen LogP contribution in [0.1, 0.15) is 25.7 Å². The molecule has 0 aliphatic rings. The first-order chi connectivity index (χ1) is 15.3. The third kappa shape index (κ3) is 4.48. The van der Waals surface area contributed by atoms with E-state index < -0.39 is 24.4 Å². The van der Waals surface area contributed by atoms with Gasteiger partial charge in [-0.05, 0) is 61.5 Å². The van der Waals surface area contributed by atoms with Crippen molar-refractivity contribution in [3.05, 3.63) is 75.8 Å². The number of carbonyl (C=O) groups is 3. The molecule has 0 saturated heterocycles. The van der Waals surface area contributed by atoms with Gasteiger partial charge in [0.25, 0.3) is 5.91 Å². The summed E-state index contributed by atoms with van der Waals surface area (Å²) in [6.07, 6.45) is 0. The maximum atomic E-state index is 12.5.